The van der Waals surface area contributed by atoms with Crippen LogP contribution in [-0.2, 0) is 22.3 Å². The van der Waals surface area contributed by atoms with Crippen LogP contribution in [0, 0.1) is 11.8 Å². The summed E-state index contributed by atoms with van der Waals surface area (Å²) in [5.41, 5.74) is -1.51. The highest BCUT2D eigenvalue weighted by molar-refractivity contribution is 6.30. The second-order valence-corrected chi connectivity index (χ2v) is 8.86. The molecule has 3 rings (SSSR count). The number of ether oxygens (including phenoxy) is 1. The highest BCUT2D eigenvalue weighted by Crippen LogP contribution is 2.39. The molecular formula is C23H24ClF6NO2. The van der Waals surface area contributed by atoms with Crippen LogP contribution >= 0.6 is 11.6 Å². The van der Waals surface area contributed by atoms with Crippen LogP contribution in [0.15, 0.2) is 42.0 Å². The smallest absolute Gasteiger partial charge is 0.416 e. The highest BCUT2D eigenvalue weighted by Gasteiger charge is 2.39. The fraction of sp³-hybridized carbons (Fsp3) is 0.522. The lowest BCUT2D eigenvalue weighted by atomic mass is 9.79. The number of likely N-dealkylation sites (tertiary alicyclic amines) is 1. The molecule has 0 aromatic heterocycles. The Labute approximate surface area is 193 Å². The third kappa shape index (κ3) is 6.53. The summed E-state index contributed by atoms with van der Waals surface area (Å²) >= 11 is 5.96. The topological polar surface area (TPSA) is 29.5 Å². The standard InChI is InChI=1S/C23H24ClF6NO2/c1-33-21(32)11-14-8-9-31(13-16-12-18(24)6-7-19(16)23(28,29)30)20(10-14)15-2-4-17(5-3-15)22(25,26)27/h2,4-7,12,14-15,20H,3,8-11,13H2,1H3/t14-,15?,20+/m0/s1. The van der Waals surface area contributed by atoms with Gasteiger partial charge >= 0.3 is 18.3 Å². The number of allylic oxidation sites excluding steroid dienone is 3. The van der Waals surface area contributed by atoms with E-state index in [1.54, 1.807) is 0 Å². The molecule has 1 aliphatic carbocycles. The molecule has 0 bridgehead atoms. The Morgan fingerprint density at radius 2 is 1.91 bits per heavy atom. The summed E-state index contributed by atoms with van der Waals surface area (Å²) in [7, 11) is 1.28. The van der Waals surface area contributed by atoms with Gasteiger partial charge in [0.05, 0.1) is 18.2 Å². The Kier molecular flexibility index (Phi) is 7.84. The third-order valence-corrected chi connectivity index (χ3v) is 6.49. The maximum absolute atomic E-state index is 13.5. The van der Waals surface area contributed by atoms with Crippen LogP contribution in [0.5, 0.6) is 0 Å². The fourth-order valence-corrected chi connectivity index (χ4v) is 4.78. The summed E-state index contributed by atoms with van der Waals surface area (Å²) < 4.78 is 84.4. The molecule has 1 aliphatic heterocycles. The molecule has 1 aromatic carbocycles. The third-order valence-electron chi connectivity index (χ3n) is 6.25. The number of carbonyl (C=O) groups is 1. The predicted molar refractivity (Wildman–Crippen MR) is 111 cm³/mol. The molecular weight excluding hydrogens is 472 g/mol. The van der Waals surface area contributed by atoms with E-state index < -0.39 is 23.5 Å². The molecule has 10 heteroatoms. The monoisotopic (exact) mass is 495 g/mol. The first-order valence-electron chi connectivity index (χ1n) is 10.5. The number of hydrogen-bond donors (Lipinski definition) is 0. The molecule has 3 atom stereocenters. The van der Waals surface area contributed by atoms with Crippen molar-refractivity contribution >= 4 is 17.6 Å². The van der Waals surface area contributed by atoms with Gasteiger partial charge in [-0.2, -0.15) is 26.3 Å². The Hall–Kier alpha value is -2.00. The van der Waals surface area contributed by atoms with Gasteiger partial charge in [-0.15, -0.1) is 0 Å². The minimum atomic E-state index is -4.56. The van der Waals surface area contributed by atoms with Gasteiger partial charge in [0, 0.05) is 24.0 Å². The van der Waals surface area contributed by atoms with Gasteiger partial charge in [0.25, 0.3) is 0 Å². The lowest BCUT2D eigenvalue weighted by Crippen LogP contribution is -2.46. The Morgan fingerprint density at radius 3 is 2.48 bits per heavy atom. The molecule has 1 saturated heterocycles. The number of piperidine rings is 1. The van der Waals surface area contributed by atoms with Crippen LogP contribution in [0.3, 0.4) is 0 Å². The average molecular weight is 496 g/mol. The predicted octanol–water partition coefficient (Wildman–Crippen LogP) is 6.57. The van der Waals surface area contributed by atoms with Crippen molar-refractivity contribution in [3.63, 3.8) is 0 Å². The van der Waals surface area contributed by atoms with Crippen molar-refractivity contribution in [2.45, 2.75) is 50.6 Å². The molecule has 0 N–H and O–H groups in total. The van der Waals surface area contributed by atoms with E-state index in [4.69, 9.17) is 16.3 Å². The van der Waals surface area contributed by atoms with E-state index in [9.17, 15) is 31.1 Å². The van der Waals surface area contributed by atoms with E-state index >= 15 is 0 Å². The van der Waals surface area contributed by atoms with Crippen molar-refractivity contribution in [3.05, 3.63) is 58.1 Å². The van der Waals surface area contributed by atoms with E-state index in [0.717, 1.165) is 18.2 Å². The molecule has 0 spiro atoms. The first-order valence-corrected chi connectivity index (χ1v) is 10.9. The SMILES string of the molecule is COC(=O)C[C@H]1CCN(Cc2cc(Cl)ccc2C(F)(F)F)[C@@H](C2C=CC(C(F)(F)F)=CC2)C1. The number of methoxy groups -OCH3 is 1. The largest absolute Gasteiger partial charge is 0.469 e. The Bertz CT molecular complexity index is 925. The van der Waals surface area contributed by atoms with Crippen molar-refractivity contribution in [1.82, 2.24) is 4.90 Å². The van der Waals surface area contributed by atoms with E-state index in [1.165, 1.54) is 25.3 Å². The van der Waals surface area contributed by atoms with Gasteiger partial charge in [0.15, 0.2) is 0 Å². The number of halogens is 7. The number of hydrogen-bond acceptors (Lipinski definition) is 3. The van der Waals surface area contributed by atoms with Crippen molar-refractivity contribution < 1.29 is 35.9 Å². The quantitative estimate of drug-likeness (QED) is 0.342. The lowest BCUT2D eigenvalue weighted by molar-refractivity contribution is -0.142. The van der Waals surface area contributed by atoms with Crippen LogP contribution in [0.2, 0.25) is 5.02 Å². The van der Waals surface area contributed by atoms with Gasteiger partial charge in [0.1, 0.15) is 0 Å². The van der Waals surface area contributed by atoms with Crippen LogP contribution in [0.1, 0.15) is 36.8 Å². The number of alkyl halides is 6. The molecule has 0 saturated carbocycles. The summed E-state index contributed by atoms with van der Waals surface area (Å²) in [6.45, 7) is 0.349. The molecule has 1 unspecified atom stereocenters. The molecule has 33 heavy (non-hydrogen) atoms. The van der Waals surface area contributed by atoms with Gasteiger partial charge < -0.3 is 4.74 Å². The van der Waals surface area contributed by atoms with Gasteiger partial charge in [-0.1, -0.05) is 29.8 Å². The molecule has 3 nitrogen and oxygen atoms in total. The number of rotatable bonds is 5. The summed E-state index contributed by atoms with van der Waals surface area (Å²) in [6.07, 6.45) is -4.11. The summed E-state index contributed by atoms with van der Waals surface area (Å²) in [5, 5.41) is 0.172. The summed E-state index contributed by atoms with van der Waals surface area (Å²) in [6, 6.07) is 3.06. The normalized spacial score (nSPS) is 24.5. The van der Waals surface area contributed by atoms with Crippen LogP contribution in [-0.4, -0.2) is 36.7 Å². The second kappa shape index (κ2) is 10.1. The lowest BCUT2D eigenvalue weighted by Gasteiger charge is -2.43. The number of carbonyl (C=O) groups excluding carboxylic acids is 1. The number of nitrogens with zero attached hydrogens (tertiary/aromatic N) is 1. The van der Waals surface area contributed by atoms with Crippen LogP contribution in [0.25, 0.3) is 0 Å². The van der Waals surface area contributed by atoms with Crippen molar-refractivity contribution in [3.8, 4) is 0 Å². The molecule has 0 amide bonds. The molecule has 1 aromatic rings. The maximum atomic E-state index is 13.5. The van der Waals surface area contributed by atoms with Crippen LogP contribution in [0.4, 0.5) is 26.3 Å². The van der Waals surface area contributed by atoms with Gasteiger partial charge in [-0.05, 0) is 61.4 Å². The fourth-order valence-electron chi connectivity index (χ4n) is 4.59. The van der Waals surface area contributed by atoms with E-state index in [0.29, 0.717) is 19.4 Å². The molecule has 2 aliphatic rings. The Morgan fingerprint density at radius 1 is 1.18 bits per heavy atom. The zero-order chi connectivity index (χ0) is 24.4. The number of benzene rings is 1. The first kappa shape index (κ1) is 25.6. The van der Waals surface area contributed by atoms with Gasteiger partial charge in [-0.3, -0.25) is 9.69 Å². The summed E-state index contributed by atoms with van der Waals surface area (Å²) in [4.78, 5) is 13.6. The molecule has 1 fully saturated rings. The van der Waals surface area contributed by atoms with Gasteiger partial charge in [0.2, 0.25) is 0 Å². The minimum absolute atomic E-state index is 0.0118. The Balaban J connectivity index is 1.86. The molecule has 1 heterocycles. The average Bonchev–Trinajstić information content (AvgIpc) is 2.73. The van der Waals surface area contributed by atoms with Crippen molar-refractivity contribution in [2.75, 3.05) is 13.7 Å². The van der Waals surface area contributed by atoms with Crippen LogP contribution < -0.4 is 0 Å². The molecule has 182 valence electrons. The van der Waals surface area contributed by atoms with E-state index in [2.05, 4.69) is 0 Å². The number of esters is 1. The maximum Gasteiger partial charge on any atom is 0.416 e. The minimum Gasteiger partial charge on any atom is -0.469 e. The zero-order valence-corrected chi connectivity index (χ0v) is 18.6. The zero-order valence-electron chi connectivity index (χ0n) is 17.8. The van der Waals surface area contributed by atoms with Gasteiger partial charge in [-0.25, -0.2) is 0 Å². The second-order valence-electron chi connectivity index (χ2n) is 8.42. The first-order chi connectivity index (χ1) is 15.4. The summed E-state index contributed by atoms with van der Waals surface area (Å²) in [5.74, 6) is -0.786. The van der Waals surface area contributed by atoms with E-state index in [1.807, 2.05) is 4.90 Å². The van der Waals surface area contributed by atoms with E-state index in [-0.39, 0.29) is 53.8 Å². The van der Waals surface area contributed by atoms with Crippen molar-refractivity contribution in [1.29, 1.82) is 0 Å². The highest BCUT2D eigenvalue weighted by atomic mass is 35.5. The molecule has 0 radical (unpaired) electrons. The van der Waals surface area contributed by atoms with Crippen molar-refractivity contribution in [2.24, 2.45) is 11.8 Å².